The van der Waals surface area contributed by atoms with Crippen LogP contribution in [0, 0.1) is 20.8 Å². The number of benzene rings is 2. The van der Waals surface area contributed by atoms with Gasteiger partial charge in [-0.1, -0.05) is 55.7 Å². The van der Waals surface area contributed by atoms with Crippen molar-refractivity contribution in [2.45, 2.75) is 78.4 Å². The number of ether oxygens (including phenoxy) is 1. The first-order chi connectivity index (χ1) is 15.3. The van der Waals surface area contributed by atoms with Gasteiger partial charge in [0.2, 0.25) is 5.91 Å². The summed E-state index contributed by atoms with van der Waals surface area (Å²) in [5, 5.41) is 3.16. The minimum absolute atomic E-state index is 0.0937. The van der Waals surface area contributed by atoms with Crippen molar-refractivity contribution in [3.63, 3.8) is 0 Å². The van der Waals surface area contributed by atoms with Gasteiger partial charge in [0.15, 0.2) is 6.61 Å². The van der Waals surface area contributed by atoms with Crippen molar-refractivity contribution >= 4 is 11.8 Å². The Morgan fingerprint density at radius 2 is 1.75 bits per heavy atom. The lowest BCUT2D eigenvalue weighted by atomic mass is 9.95. The van der Waals surface area contributed by atoms with Gasteiger partial charge in [0, 0.05) is 12.6 Å². The van der Waals surface area contributed by atoms with Crippen LogP contribution < -0.4 is 10.1 Å². The number of rotatable bonds is 8. The summed E-state index contributed by atoms with van der Waals surface area (Å²) < 4.78 is 5.94. The van der Waals surface area contributed by atoms with Crippen molar-refractivity contribution in [3.8, 4) is 5.75 Å². The monoisotopic (exact) mass is 436 g/mol. The smallest absolute Gasteiger partial charge is 0.261 e. The van der Waals surface area contributed by atoms with Crippen LogP contribution in [0.1, 0.15) is 61.3 Å². The quantitative estimate of drug-likeness (QED) is 0.643. The van der Waals surface area contributed by atoms with E-state index in [0.717, 1.165) is 53.7 Å². The maximum atomic E-state index is 13.3. The van der Waals surface area contributed by atoms with Gasteiger partial charge in [0.1, 0.15) is 11.8 Å². The summed E-state index contributed by atoms with van der Waals surface area (Å²) in [5.74, 6) is 0.428. The first kappa shape index (κ1) is 23.8. The van der Waals surface area contributed by atoms with Crippen LogP contribution in [-0.4, -0.2) is 35.4 Å². The van der Waals surface area contributed by atoms with Crippen LogP contribution in [0.5, 0.6) is 5.75 Å². The largest absolute Gasteiger partial charge is 0.483 e. The van der Waals surface area contributed by atoms with E-state index in [2.05, 4.69) is 11.4 Å². The van der Waals surface area contributed by atoms with E-state index in [1.165, 1.54) is 6.42 Å². The van der Waals surface area contributed by atoms with E-state index in [1.807, 2.05) is 57.2 Å². The van der Waals surface area contributed by atoms with Gasteiger partial charge in [-0.3, -0.25) is 9.59 Å². The highest BCUT2D eigenvalue weighted by Crippen LogP contribution is 2.24. The third kappa shape index (κ3) is 6.35. The summed E-state index contributed by atoms with van der Waals surface area (Å²) in [5.41, 5.74) is 4.24. The molecule has 2 aromatic rings. The highest BCUT2D eigenvalue weighted by Gasteiger charge is 2.28. The molecule has 0 aromatic heterocycles. The third-order valence-electron chi connectivity index (χ3n) is 6.43. The Morgan fingerprint density at radius 3 is 2.44 bits per heavy atom. The van der Waals surface area contributed by atoms with E-state index < -0.39 is 6.04 Å². The number of aryl methyl sites for hydroxylation is 2. The highest BCUT2D eigenvalue weighted by atomic mass is 16.5. The van der Waals surface area contributed by atoms with Gasteiger partial charge < -0.3 is 15.0 Å². The number of carbonyl (C=O) groups is 2. The van der Waals surface area contributed by atoms with Crippen LogP contribution in [0.3, 0.4) is 0 Å². The van der Waals surface area contributed by atoms with Gasteiger partial charge in [0.05, 0.1) is 0 Å². The van der Waals surface area contributed by atoms with Gasteiger partial charge in [-0.05, 0) is 68.9 Å². The van der Waals surface area contributed by atoms with Gasteiger partial charge in [-0.25, -0.2) is 0 Å². The van der Waals surface area contributed by atoms with Crippen LogP contribution in [0.15, 0.2) is 42.5 Å². The van der Waals surface area contributed by atoms with Gasteiger partial charge in [-0.2, -0.15) is 0 Å². The van der Waals surface area contributed by atoms with Crippen LogP contribution >= 0.6 is 0 Å². The molecular weight excluding hydrogens is 400 g/mol. The maximum absolute atomic E-state index is 13.3. The van der Waals surface area contributed by atoms with Crippen molar-refractivity contribution in [2.24, 2.45) is 0 Å². The number of hydrogen-bond acceptors (Lipinski definition) is 3. The summed E-state index contributed by atoms with van der Waals surface area (Å²) in [7, 11) is 0. The highest BCUT2D eigenvalue weighted by molar-refractivity contribution is 5.88. The number of nitrogens with one attached hydrogen (secondary N) is 1. The topological polar surface area (TPSA) is 58.6 Å². The summed E-state index contributed by atoms with van der Waals surface area (Å²) in [6.07, 6.45) is 5.56. The van der Waals surface area contributed by atoms with Crippen LogP contribution in [0.2, 0.25) is 0 Å². The summed E-state index contributed by atoms with van der Waals surface area (Å²) in [6.45, 7) is 8.13. The lowest BCUT2D eigenvalue weighted by molar-refractivity contribution is -0.142. The molecule has 172 valence electrons. The molecular formula is C27H36N2O3. The zero-order valence-corrected chi connectivity index (χ0v) is 19.8. The molecule has 32 heavy (non-hydrogen) atoms. The molecule has 5 nitrogen and oxygen atoms in total. The molecule has 1 aliphatic rings. The van der Waals surface area contributed by atoms with E-state index in [0.29, 0.717) is 6.54 Å². The molecule has 5 heteroatoms. The Bertz CT molecular complexity index is 920. The molecule has 1 fully saturated rings. The normalized spacial score (nSPS) is 15.1. The second-order valence-corrected chi connectivity index (χ2v) is 9.02. The maximum Gasteiger partial charge on any atom is 0.261 e. The zero-order chi connectivity index (χ0) is 23.1. The molecule has 0 saturated heterocycles. The molecule has 1 unspecified atom stereocenters. The number of amides is 2. The van der Waals surface area contributed by atoms with Crippen LogP contribution in [0.4, 0.5) is 0 Å². The standard InChI is InChI=1S/C27H36N2O3/c1-19-15-20(2)21(3)25(16-19)32-18-26(30)29(17-23-11-7-5-8-12-23)22(4)27(31)28-24-13-9-6-10-14-24/h5,7-8,11-12,15-16,22,24H,6,9-10,13-14,17-18H2,1-4H3,(H,28,31). The fourth-order valence-corrected chi connectivity index (χ4v) is 4.30. The SMILES string of the molecule is Cc1cc(C)c(C)c(OCC(=O)N(Cc2ccccc2)C(C)C(=O)NC2CCCCC2)c1. The predicted octanol–water partition coefficient (Wildman–Crippen LogP) is 4.86. The Morgan fingerprint density at radius 1 is 1.06 bits per heavy atom. The van der Waals surface area contributed by atoms with E-state index in [-0.39, 0.29) is 24.5 Å². The van der Waals surface area contributed by atoms with Crippen molar-refractivity contribution in [2.75, 3.05) is 6.61 Å². The first-order valence-corrected chi connectivity index (χ1v) is 11.7. The van der Waals surface area contributed by atoms with Crippen molar-refractivity contribution in [3.05, 3.63) is 64.7 Å². The molecule has 1 N–H and O–H groups in total. The fourth-order valence-electron chi connectivity index (χ4n) is 4.30. The number of hydrogen-bond donors (Lipinski definition) is 1. The average Bonchev–Trinajstić information content (AvgIpc) is 2.79. The number of carbonyl (C=O) groups excluding carboxylic acids is 2. The summed E-state index contributed by atoms with van der Waals surface area (Å²) in [4.78, 5) is 27.9. The molecule has 1 saturated carbocycles. The molecule has 2 amide bonds. The van der Waals surface area contributed by atoms with E-state index in [4.69, 9.17) is 4.74 Å². The Hall–Kier alpha value is -2.82. The molecule has 0 heterocycles. The van der Waals surface area contributed by atoms with Crippen molar-refractivity contribution in [1.82, 2.24) is 10.2 Å². The van der Waals surface area contributed by atoms with Crippen LogP contribution in [-0.2, 0) is 16.1 Å². The second kappa shape index (κ2) is 11.2. The van der Waals surface area contributed by atoms with E-state index >= 15 is 0 Å². The Labute approximate surface area is 192 Å². The molecule has 0 radical (unpaired) electrons. The second-order valence-electron chi connectivity index (χ2n) is 9.02. The Kier molecular flexibility index (Phi) is 8.32. The lowest BCUT2D eigenvalue weighted by Crippen LogP contribution is -2.51. The molecule has 1 atom stereocenters. The minimum atomic E-state index is -0.575. The lowest BCUT2D eigenvalue weighted by Gasteiger charge is -2.31. The minimum Gasteiger partial charge on any atom is -0.483 e. The van der Waals surface area contributed by atoms with Crippen LogP contribution in [0.25, 0.3) is 0 Å². The van der Waals surface area contributed by atoms with E-state index in [1.54, 1.807) is 11.8 Å². The van der Waals surface area contributed by atoms with Gasteiger partial charge in [0.25, 0.3) is 5.91 Å². The first-order valence-electron chi connectivity index (χ1n) is 11.7. The number of nitrogens with zero attached hydrogens (tertiary/aromatic N) is 1. The fraction of sp³-hybridized carbons (Fsp3) is 0.481. The van der Waals surface area contributed by atoms with Gasteiger partial charge in [-0.15, -0.1) is 0 Å². The van der Waals surface area contributed by atoms with Crippen molar-refractivity contribution in [1.29, 1.82) is 0 Å². The molecule has 0 aliphatic heterocycles. The summed E-state index contributed by atoms with van der Waals surface area (Å²) >= 11 is 0. The van der Waals surface area contributed by atoms with Crippen molar-refractivity contribution < 1.29 is 14.3 Å². The van der Waals surface area contributed by atoms with Gasteiger partial charge >= 0.3 is 0 Å². The van der Waals surface area contributed by atoms with E-state index in [9.17, 15) is 9.59 Å². The zero-order valence-electron chi connectivity index (χ0n) is 19.8. The molecule has 1 aliphatic carbocycles. The Balaban J connectivity index is 1.72. The molecule has 0 spiro atoms. The summed E-state index contributed by atoms with van der Waals surface area (Å²) in [6, 6.07) is 13.5. The molecule has 0 bridgehead atoms. The third-order valence-corrected chi connectivity index (χ3v) is 6.43. The molecule has 2 aromatic carbocycles. The molecule has 3 rings (SSSR count). The average molecular weight is 437 g/mol. The predicted molar refractivity (Wildman–Crippen MR) is 128 cm³/mol.